The summed E-state index contributed by atoms with van der Waals surface area (Å²) in [5.74, 6) is -7.74. The molecule has 2 aliphatic heterocycles. The highest BCUT2D eigenvalue weighted by Gasteiger charge is 2.76. The fraction of sp³-hybridized carbons (Fsp3) is 0.333. The zero-order valence-electron chi connectivity index (χ0n) is 19.8. The minimum atomic E-state index is -2.09. The molecule has 38 heavy (non-hydrogen) atoms. The first-order valence-electron chi connectivity index (χ1n) is 11.9. The van der Waals surface area contributed by atoms with Gasteiger partial charge in [-0.05, 0) is 49.1 Å². The van der Waals surface area contributed by atoms with E-state index in [1.54, 1.807) is 30.3 Å². The third kappa shape index (κ3) is 3.02. The maximum atomic E-state index is 14.5. The van der Waals surface area contributed by atoms with E-state index < -0.39 is 68.6 Å². The third-order valence-corrected chi connectivity index (χ3v) is 10.1. The number of benzene rings is 2. The van der Waals surface area contributed by atoms with Gasteiger partial charge in [0.2, 0.25) is 11.8 Å². The number of hydrogen-bond acceptors (Lipinski definition) is 5. The smallest absolute Gasteiger partial charge is 0.253 e. The predicted molar refractivity (Wildman–Crippen MR) is 137 cm³/mol. The zero-order chi connectivity index (χ0) is 27.3. The van der Waals surface area contributed by atoms with Gasteiger partial charge in [0, 0.05) is 23.6 Å². The van der Waals surface area contributed by atoms with Crippen LogP contribution < -0.4 is 4.90 Å². The lowest BCUT2D eigenvalue weighted by Crippen LogP contribution is -2.60. The number of para-hydroxylation sites is 1. The Morgan fingerprint density at radius 1 is 0.974 bits per heavy atom. The number of alkyl halides is 2. The summed E-state index contributed by atoms with van der Waals surface area (Å²) in [4.78, 5) is 52.0. The molecule has 0 aromatic heterocycles. The van der Waals surface area contributed by atoms with Crippen LogP contribution in [0.15, 0.2) is 54.1 Å². The molecule has 2 heterocycles. The van der Waals surface area contributed by atoms with Crippen LogP contribution in [0, 0.1) is 23.6 Å². The number of allylic oxidation sites excluding steroid dienone is 2. The Labute approximate surface area is 231 Å². The van der Waals surface area contributed by atoms with E-state index in [-0.39, 0.29) is 18.4 Å². The molecule has 7 nitrogen and oxygen atoms in total. The first-order chi connectivity index (χ1) is 17.9. The molecule has 11 heteroatoms. The van der Waals surface area contributed by atoms with E-state index >= 15 is 0 Å². The van der Waals surface area contributed by atoms with Gasteiger partial charge in [0.05, 0.1) is 17.5 Å². The second-order valence-electron chi connectivity index (χ2n) is 10.2. The molecule has 6 unspecified atom stereocenters. The van der Waals surface area contributed by atoms with E-state index in [9.17, 15) is 28.7 Å². The second kappa shape index (κ2) is 8.28. The van der Waals surface area contributed by atoms with Gasteiger partial charge in [-0.1, -0.05) is 35.4 Å². The first-order valence-corrected chi connectivity index (χ1v) is 13.1. The van der Waals surface area contributed by atoms with Gasteiger partial charge in [0.15, 0.2) is 21.3 Å². The molecule has 2 aromatic carbocycles. The number of rotatable bonds is 2. The van der Waals surface area contributed by atoms with Crippen LogP contribution >= 0.6 is 34.8 Å². The average molecular weight is 578 g/mol. The van der Waals surface area contributed by atoms with Gasteiger partial charge in [-0.3, -0.25) is 29.0 Å². The van der Waals surface area contributed by atoms with Crippen molar-refractivity contribution in [2.45, 2.75) is 28.5 Å². The van der Waals surface area contributed by atoms with Gasteiger partial charge in [0.25, 0.3) is 11.8 Å². The Kier molecular flexibility index (Phi) is 5.52. The zero-order valence-corrected chi connectivity index (χ0v) is 22.1. The number of fused-ring (bicyclic) bond motifs is 4. The molecule has 6 rings (SSSR count). The third-order valence-electron chi connectivity index (χ3n) is 8.43. The van der Waals surface area contributed by atoms with Crippen LogP contribution in [0.5, 0.6) is 5.75 Å². The number of anilines is 1. The van der Waals surface area contributed by atoms with E-state index in [0.717, 1.165) is 15.9 Å². The number of carbonyl (C=O) groups excluding carboxylic acids is 4. The fourth-order valence-electron chi connectivity index (χ4n) is 6.70. The number of nitrogens with zero attached hydrogens (tertiary/aromatic N) is 2. The molecule has 4 amide bonds. The quantitative estimate of drug-likeness (QED) is 0.325. The van der Waals surface area contributed by atoms with Crippen LogP contribution in [0.3, 0.4) is 0 Å². The maximum absolute atomic E-state index is 14.5. The molecule has 0 spiro atoms. The van der Waals surface area contributed by atoms with Crippen molar-refractivity contribution >= 4 is 64.1 Å². The lowest BCUT2D eigenvalue weighted by Gasteiger charge is -2.50. The van der Waals surface area contributed by atoms with E-state index in [4.69, 9.17) is 34.8 Å². The molecule has 0 radical (unpaired) electrons. The number of phenolic OH excluding ortho intramolecular Hbond substituents is 1. The van der Waals surface area contributed by atoms with Crippen LogP contribution in [-0.2, 0) is 19.2 Å². The van der Waals surface area contributed by atoms with Crippen molar-refractivity contribution in [1.82, 2.24) is 4.90 Å². The van der Waals surface area contributed by atoms with Crippen molar-refractivity contribution in [1.29, 1.82) is 0 Å². The summed E-state index contributed by atoms with van der Waals surface area (Å²) in [7, 11) is 1.26. The van der Waals surface area contributed by atoms with Crippen molar-refractivity contribution in [3.05, 3.63) is 70.5 Å². The van der Waals surface area contributed by atoms with Crippen LogP contribution in [0.2, 0.25) is 5.02 Å². The Morgan fingerprint density at radius 2 is 1.66 bits per heavy atom. The Bertz CT molecular complexity index is 1480. The Balaban J connectivity index is 1.53. The van der Waals surface area contributed by atoms with Gasteiger partial charge < -0.3 is 5.11 Å². The minimum Gasteiger partial charge on any atom is -0.505 e. The molecule has 1 N–H and O–H groups in total. The van der Waals surface area contributed by atoms with Gasteiger partial charge in [-0.2, -0.15) is 0 Å². The summed E-state index contributed by atoms with van der Waals surface area (Å²) < 4.78 is 14.5. The van der Waals surface area contributed by atoms with Crippen LogP contribution in [0.1, 0.15) is 24.3 Å². The topological polar surface area (TPSA) is 95.0 Å². The number of hydrogen-bond donors (Lipinski definition) is 1. The predicted octanol–water partition coefficient (Wildman–Crippen LogP) is 4.38. The minimum absolute atomic E-state index is 0.0257. The number of halogens is 4. The highest BCUT2D eigenvalue weighted by Crippen LogP contribution is 2.66. The molecule has 0 bridgehead atoms. The Morgan fingerprint density at radius 3 is 2.34 bits per heavy atom. The highest BCUT2D eigenvalue weighted by molar-refractivity contribution is 6.53. The van der Waals surface area contributed by atoms with Crippen LogP contribution in [0.4, 0.5) is 10.1 Å². The van der Waals surface area contributed by atoms with Gasteiger partial charge >= 0.3 is 0 Å². The number of aromatic hydroxyl groups is 1. The van der Waals surface area contributed by atoms with Crippen molar-refractivity contribution in [2.75, 3.05) is 11.9 Å². The average Bonchev–Trinajstić information content (AvgIpc) is 3.22. The molecular weight excluding hydrogens is 558 g/mol. The van der Waals surface area contributed by atoms with Crippen molar-refractivity contribution < 1.29 is 28.7 Å². The second-order valence-corrected chi connectivity index (χ2v) is 11.8. The van der Waals surface area contributed by atoms with E-state index in [1.165, 1.54) is 19.2 Å². The summed E-state index contributed by atoms with van der Waals surface area (Å²) in [5.41, 5.74) is 0.797. The molecule has 2 aromatic rings. The molecule has 1 saturated carbocycles. The van der Waals surface area contributed by atoms with Gasteiger partial charge in [0.1, 0.15) is 0 Å². The Hall–Kier alpha value is -2.94. The summed E-state index contributed by atoms with van der Waals surface area (Å²) in [6, 6.07) is 10.1. The fourth-order valence-corrected chi connectivity index (χ4v) is 7.84. The molecular formula is C27H20Cl3FN2O5. The van der Waals surface area contributed by atoms with E-state index in [2.05, 4.69) is 0 Å². The van der Waals surface area contributed by atoms with Crippen molar-refractivity contribution in [2.24, 2.45) is 17.8 Å². The molecule has 2 saturated heterocycles. The summed E-state index contributed by atoms with van der Waals surface area (Å²) in [5, 5.41) is 11.2. The lowest BCUT2D eigenvalue weighted by molar-refractivity contribution is -0.138. The number of phenols is 1. The van der Waals surface area contributed by atoms with Crippen LogP contribution in [0.25, 0.3) is 0 Å². The van der Waals surface area contributed by atoms with Crippen LogP contribution in [-0.4, -0.2) is 50.4 Å². The normalized spacial score (nSPS) is 34.3. The maximum Gasteiger partial charge on any atom is 0.253 e. The van der Waals surface area contributed by atoms with E-state index in [0.29, 0.717) is 16.3 Å². The van der Waals surface area contributed by atoms with Gasteiger partial charge in [-0.25, -0.2) is 4.39 Å². The first kappa shape index (κ1) is 25.3. The largest absolute Gasteiger partial charge is 0.505 e. The number of amides is 4. The van der Waals surface area contributed by atoms with Crippen molar-refractivity contribution in [3.63, 3.8) is 0 Å². The summed E-state index contributed by atoms with van der Waals surface area (Å²) in [6.07, 6.45) is 1.67. The SMILES string of the molecule is CN1C(=O)C2(Cl)CC3C(=CCC4C(=O)N(c5ccc(Cl)cc5)C(=O)C43)C(c3cccc(F)c3O)C2(Cl)C1=O. The molecule has 3 fully saturated rings. The standard InChI is InChI=1S/C27H20Cl3FN2O5/c1-32-24(37)26(29)11-17-14(20(27(26,30)25(32)38)16-3-2-4-18(31)21(16)34)9-10-15-19(17)23(36)33(22(15)35)13-7-5-12(28)6-8-13/h2-9,15,17,19-20,34H,10-11H2,1H3. The highest BCUT2D eigenvalue weighted by atomic mass is 35.5. The van der Waals surface area contributed by atoms with Gasteiger partial charge in [-0.15, -0.1) is 23.2 Å². The molecule has 6 atom stereocenters. The summed E-state index contributed by atoms with van der Waals surface area (Å²) >= 11 is 20.0. The summed E-state index contributed by atoms with van der Waals surface area (Å²) in [6.45, 7) is 0. The van der Waals surface area contributed by atoms with Crippen molar-refractivity contribution in [3.8, 4) is 5.75 Å². The lowest BCUT2D eigenvalue weighted by atomic mass is 9.56. The molecule has 2 aliphatic carbocycles. The number of imide groups is 2. The van der Waals surface area contributed by atoms with E-state index in [1.807, 2.05) is 0 Å². The monoisotopic (exact) mass is 576 g/mol. The molecule has 4 aliphatic rings. The number of carbonyl (C=O) groups is 4. The number of likely N-dealkylation sites (tertiary alicyclic amines) is 1. The molecule has 196 valence electrons.